The molecule has 3 aromatic carbocycles. The Morgan fingerprint density at radius 1 is 0.913 bits per heavy atom. The molecule has 0 spiro atoms. The van der Waals surface area contributed by atoms with Gasteiger partial charge in [0.15, 0.2) is 0 Å². The number of nitrogen functional groups attached to an aromatic ring is 1. The van der Waals surface area contributed by atoms with E-state index >= 15 is 0 Å². The average molecular weight is 324 g/mol. The smallest absolute Gasteiger partial charge is 0.127 e. The summed E-state index contributed by atoms with van der Waals surface area (Å²) in [5, 5.41) is 0.629. The Morgan fingerprint density at radius 2 is 1.61 bits per heavy atom. The van der Waals surface area contributed by atoms with Gasteiger partial charge in [-0.15, -0.1) is 0 Å². The molecule has 2 N–H and O–H groups in total. The van der Waals surface area contributed by atoms with Gasteiger partial charge >= 0.3 is 0 Å². The van der Waals surface area contributed by atoms with Gasteiger partial charge in [-0.2, -0.15) is 0 Å². The molecule has 0 heterocycles. The Morgan fingerprint density at radius 3 is 2.39 bits per heavy atom. The highest BCUT2D eigenvalue weighted by Crippen LogP contribution is 2.37. The van der Waals surface area contributed by atoms with E-state index in [2.05, 4.69) is 0 Å². The van der Waals surface area contributed by atoms with Crippen molar-refractivity contribution in [2.45, 2.75) is 13.5 Å². The first-order valence-corrected chi connectivity index (χ1v) is 7.84. The van der Waals surface area contributed by atoms with E-state index in [0.29, 0.717) is 17.3 Å². The van der Waals surface area contributed by atoms with Crippen LogP contribution in [0.15, 0.2) is 66.7 Å². The number of hydrogen-bond donors (Lipinski definition) is 1. The molecule has 23 heavy (non-hydrogen) atoms. The molecule has 0 aliphatic carbocycles. The zero-order chi connectivity index (χ0) is 16.2. The van der Waals surface area contributed by atoms with Crippen molar-refractivity contribution in [3.05, 3.63) is 82.9 Å². The molecule has 116 valence electrons. The van der Waals surface area contributed by atoms with Gasteiger partial charge in [-0.1, -0.05) is 60.1 Å². The Kier molecular flexibility index (Phi) is 4.54. The number of benzene rings is 3. The van der Waals surface area contributed by atoms with E-state index in [0.717, 1.165) is 28.0 Å². The van der Waals surface area contributed by atoms with E-state index in [-0.39, 0.29) is 0 Å². The van der Waals surface area contributed by atoms with E-state index in [1.165, 1.54) is 0 Å². The van der Waals surface area contributed by atoms with Crippen LogP contribution in [-0.2, 0) is 6.61 Å². The molecule has 0 saturated heterocycles. The van der Waals surface area contributed by atoms with E-state index in [1.54, 1.807) is 6.07 Å². The van der Waals surface area contributed by atoms with Crippen LogP contribution in [0.2, 0.25) is 5.02 Å². The topological polar surface area (TPSA) is 35.2 Å². The Bertz CT molecular complexity index is 815. The highest BCUT2D eigenvalue weighted by Gasteiger charge is 2.11. The summed E-state index contributed by atoms with van der Waals surface area (Å²) in [4.78, 5) is 0. The number of hydrogen-bond acceptors (Lipinski definition) is 2. The standard InChI is InChI=1S/C20H18ClNO/c1-14-11-17(18(21)12-19(14)22)16-9-5-6-10-20(16)23-13-15-7-3-2-4-8-15/h2-12H,13,22H2,1H3. The van der Waals surface area contributed by atoms with Gasteiger partial charge in [-0.3, -0.25) is 0 Å². The van der Waals surface area contributed by atoms with Crippen LogP contribution in [-0.4, -0.2) is 0 Å². The highest BCUT2D eigenvalue weighted by molar-refractivity contribution is 6.33. The number of aryl methyl sites for hydroxylation is 1. The van der Waals surface area contributed by atoms with Gasteiger partial charge in [0.2, 0.25) is 0 Å². The van der Waals surface area contributed by atoms with Crippen molar-refractivity contribution >= 4 is 17.3 Å². The van der Waals surface area contributed by atoms with Crippen molar-refractivity contribution in [1.82, 2.24) is 0 Å². The predicted octanol–water partition coefficient (Wildman–Crippen LogP) is 5.48. The summed E-state index contributed by atoms with van der Waals surface area (Å²) in [7, 11) is 0. The summed E-state index contributed by atoms with van der Waals surface area (Å²) in [6.07, 6.45) is 0. The minimum absolute atomic E-state index is 0.517. The molecule has 0 unspecified atom stereocenters. The molecule has 0 amide bonds. The normalized spacial score (nSPS) is 10.5. The predicted molar refractivity (Wildman–Crippen MR) is 96.8 cm³/mol. The fourth-order valence-electron chi connectivity index (χ4n) is 2.45. The Balaban J connectivity index is 1.94. The number of ether oxygens (including phenoxy) is 1. The quantitative estimate of drug-likeness (QED) is 0.645. The average Bonchev–Trinajstić information content (AvgIpc) is 2.58. The van der Waals surface area contributed by atoms with Gasteiger partial charge in [-0.25, -0.2) is 0 Å². The molecule has 3 aromatic rings. The minimum atomic E-state index is 0.517. The van der Waals surface area contributed by atoms with E-state index < -0.39 is 0 Å². The fourth-order valence-corrected chi connectivity index (χ4v) is 2.73. The van der Waals surface area contributed by atoms with Gasteiger partial charge in [0.05, 0.1) is 5.02 Å². The molecule has 0 radical (unpaired) electrons. The second-order valence-electron chi connectivity index (χ2n) is 5.46. The molecule has 0 bridgehead atoms. The first-order chi connectivity index (χ1) is 11.1. The molecule has 3 rings (SSSR count). The number of halogens is 1. The number of nitrogens with two attached hydrogens (primary N) is 1. The van der Waals surface area contributed by atoms with Crippen LogP contribution in [0.1, 0.15) is 11.1 Å². The summed E-state index contributed by atoms with van der Waals surface area (Å²) in [6, 6.07) is 21.8. The Labute approximate surface area is 141 Å². The van der Waals surface area contributed by atoms with Crippen molar-refractivity contribution in [3.8, 4) is 16.9 Å². The summed E-state index contributed by atoms with van der Waals surface area (Å²) in [5.74, 6) is 0.808. The van der Waals surface area contributed by atoms with Crippen LogP contribution >= 0.6 is 11.6 Å². The maximum atomic E-state index is 6.39. The van der Waals surface area contributed by atoms with Gasteiger partial charge in [0.25, 0.3) is 0 Å². The Hall–Kier alpha value is -2.45. The van der Waals surface area contributed by atoms with Crippen molar-refractivity contribution < 1.29 is 4.74 Å². The monoisotopic (exact) mass is 323 g/mol. The lowest BCUT2D eigenvalue weighted by Crippen LogP contribution is -1.97. The molecule has 0 atom stereocenters. The van der Waals surface area contributed by atoms with E-state index in [9.17, 15) is 0 Å². The molecule has 0 saturated carbocycles. The van der Waals surface area contributed by atoms with E-state index in [4.69, 9.17) is 22.1 Å². The third-order valence-corrected chi connectivity index (χ3v) is 4.08. The summed E-state index contributed by atoms with van der Waals surface area (Å²) >= 11 is 6.39. The fraction of sp³-hybridized carbons (Fsp3) is 0.100. The molecule has 0 aliphatic heterocycles. The van der Waals surface area contributed by atoms with E-state index in [1.807, 2.05) is 67.6 Å². The zero-order valence-corrected chi connectivity index (χ0v) is 13.7. The first-order valence-electron chi connectivity index (χ1n) is 7.47. The molecule has 2 nitrogen and oxygen atoms in total. The minimum Gasteiger partial charge on any atom is -0.488 e. The van der Waals surface area contributed by atoms with Crippen LogP contribution < -0.4 is 10.5 Å². The maximum absolute atomic E-state index is 6.39. The lowest BCUT2D eigenvalue weighted by molar-refractivity contribution is 0.307. The number of rotatable bonds is 4. The maximum Gasteiger partial charge on any atom is 0.127 e. The SMILES string of the molecule is Cc1cc(-c2ccccc2OCc2ccccc2)c(Cl)cc1N. The lowest BCUT2D eigenvalue weighted by atomic mass is 10.0. The summed E-state index contributed by atoms with van der Waals surface area (Å²) in [6.45, 7) is 2.49. The van der Waals surface area contributed by atoms with Crippen molar-refractivity contribution in [1.29, 1.82) is 0 Å². The third-order valence-electron chi connectivity index (χ3n) is 3.77. The molecular formula is C20H18ClNO. The molecule has 0 fully saturated rings. The third kappa shape index (κ3) is 3.49. The molecule has 3 heteroatoms. The van der Waals surface area contributed by atoms with Crippen molar-refractivity contribution in [2.24, 2.45) is 0 Å². The highest BCUT2D eigenvalue weighted by atomic mass is 35.5. The summed E-state index contributed by atoms with van der Waals surface area (Å²) < 4.78 is 6.01. The van der Waals surface area contributed by atoms with Crippen LogP contribution in [0, 0.1) is 6.92 Å². The van der Waals surface area contributed by atoms with Gasteiger partial charge < -0.3 is 10.5 Å². The lowest BCUT2D eigenvalue weighted by Gasteiger charge is -2.14. The largest absolute Gasteiger partial charge is 0.488 e. The number of anilines is 1. The molecular weight excluding hydrogens is 306 g/mol. The van der Waals surface area contributed by atoms with Crippen LogP contribution in [0.25, 0.3) is 11.1 Å². The number of para-hydroxylation sites is 1. The van der Waals surface area contributed by atoms with Crippen molar-refractivity contribution in [3.63, 3.8) is 0 Å². The molecule has 0 aliphatic rings. The zero-order valence-electron chi connectivity index (χ0n) is 12.9. The molecule has 0 aromatic heterocycles. The van der Waals surface area contributed by atoms with Gasteiger partial charge in [0.1, 0.15) is 12.4 Å². The second-order valence-corrected chi connectivity index (χ2v) is 5.87. The van der Waals surface area contributed by atoms with Crippen LogP contribution in [0.4, 0.5) is 5.69 Å². The van der Waals surface area contributed by atoms with Crippen LogP contribution in [0.5, 0.6) is 5.75 Å². The van der Waals surface area contributed by atoms with Crippen LogP contribution in [0.3, 0.4) is 0 Å². The van der Waals surface area contributed by atoms with Crippen molar-refractivity contribution in [2.75, 3.05) is 5.73 Å². The first kappa shape index (κ1) is 15.4. The second kappa shape index (κ2) is 6.76. The summed E-state index contributed by atoms with van der Waals surface area (Å²) in [5.41, 5.74) is 10.7. The van der Waals surface area contributed by atoms with Gasteiger partial charge in [-0.05, 0) is 36.2 Å². The van der Waals surface area contributed by atoms with Gasteiger partial charge in [0, 0.05) is 16.8 Å².